The maximum atomic E-state index is 13.3. The molecule has 1 aliphatic heterocycles. The van der Waals surface area contributed by atoms with Gasteiger partial charge in [0, 0.05) is 37.8 Å². The van der Waals surface area contributed by atoms with Crippen molar-refractivity contribution < 1.29 is 17.9 Å². The molecule has 4 rings (SSSR count). The summed E-state index contributed by atoms with van der Waals surface area (Å²) in [5.41, 5.74) is 0.157. The fraction of sp³-hybridized carbons (Fsp3) is 0.565. The first kappa shape index (κ1) is 22.9. The third-order valence-corrected chi connectivity index (χ3v) is 8.93. The molecule has 1 saturated heterocycles. The number of fused-ring (bicyclic) bond motifs is 1. The van der Waals surface area contributed by atoms with Gasteiger partial charge in [-0.2, -0.15) is 4.31 Å². The Balaban J connectivity index is 1.70. The van der Waals surface area contributed by atoms with Gasteiger partial charge in [-0.3, -0.25) is 9.59 Å². The lowest BCUT2D eigenvalue weighted by Gasteiger charge is -2.34. The Morgan fingerprint density at radius 3 is 2.59 bits per heavy atom. The van der Waals surface area contributed by atoms with E-state index < -0.39 is 21.4 Å². The number of carbonyl (C=O) groups is 1. The van der Waals surface area contributed by atoms with Gasteiger partial charge in [0.05, 0.1) is 23.6 Å². The van der Waals surface area contributed by atoms with Crippen molar-refractivity contribution in [3.63, 3.8) is 0 Å². The van der Waals surface area contributed by atoms with Gasteiger partial charge in [-0.25, -0.2) is 8.42 Å². The number of pyridine rings is 1. The number of ether oxygens (including phenoxy) is 1. The molecular weight excluding hydrogens is 430 g/mol. The summed E-state index contributed by atoms with van der Waals surface area (Å²) in [6.45, 7) is 5.57. The fourth-order valence-corrected chi connectivity index (χ4v) is 6.20. The van der Waals surface area contributed by atoms with Gasteiger partial charge < -0.3 is 14.6 Å². The van der Waals surface area contributed by atoms with Crippen molar-refractivity contribution in [3.8, 4) is 0 Å². The number of benzene rings is 1. The van der Waals surface area contributed by atoms with Gasteiger partial charge >= 0.3 is 0 Å². The quantitative estimate of drug-likeness (QED) is 0.752. The Morgan fingerprint density at radius 2 is 1.88 bits per heavy atom. The number of nitrogens with one attached hydrogen (secondary N) is 1. The van der Waals surface area contributed by atoms with Crippen LogP contribution in [0, 0.1) is 11.8 Å². The minimum atomic E-state index is -3.75. The summed E-state index contributed by atoms with van der Waals surface area (Å²) in [7, 11) is -2.00. The molecule has 1 aromatic heterocycles. The van der Waals surface area contributed by atoms with Crippen LogP contribution in [-0.4, -0.2) is 55.5 Å². The lowest BCUT2D eigenvalue weighted by Crippen LogP contribution is -2.45. The molecule has 1 saturated carbocycles. The minimum Gasteiger partial charge on any atom is -0.379 e. The number of aryl methyl sites for hydroxylation is 1. The molecule has 2 aliphatic rings. The van der Waals surface area contributed by atoms with Crippen molar-refractivity contribution >= 4 is 26.8 Å². The first-order chi connectivity index (χ1) is 15.2. The van der Waals surface area contributed by atoms with Crippen LogP contribution >= 0.6 is 0 Å². The molecule has 0 spiro atoms. The highest BCUT2D eigenvalue weighted by Crippen LogP contribution is 2.29. The SMILES string of the molecule is C[C@@H]1[C@H](C)CCC[C@H]1NC(=O)c1cn(C)c2ccc(S(=O)(=O)N3CCOCC3)cc2c1=O. The van der Waals surface area contributed by atoms with Crippen LogP contribution in [0.4, 0.5) is 0 Å². The average Bonchev–Trinajstić information content (AvgIpc) is 2.79. The lowest BCUT2D eigenvalue weighted by molar-refractivity contribution is 0.0730. The second kappa shape index (κ2) is 8.96. The van der Waals surface area contributed by atoms with Gasteiger partial charge in [0.1, 0.15) is 5.56 Å². The van der Waals surface area contributed by atoms with Gasteiger partial charge in [0.2, 0.25) is 15.5 Å². The van der Waals surface area contributed by atoms with Gasteiger partial charge in [-0.15, -0.1) is 0 Å². The van der Waals surface area contributed by atoms with Gasteiger partial charge in [0.15, 0.2) is 0 Å². The molecule has 0 unspecified atom stereocenters. The summed E-state index contributed by atoms with van der Waals surface area (Å²) in [5, 5.41) is 3.27. The van der Waals surface area contributed by atoms with E-state index in [1.54, 1.807) is 17.7 Å². The van der Waals surface area contributed by atoms with E-state index in [4.69, 9.17) is 4.74 Å². The second-order valence-corrected chi connectivity index (χ2v) is 11.0. The molecule has 1 amide bonds. The molecule has 0 bridgehead atoms. The topological polar surface area (TPSA) is 97.7 Å². The van der Waals surface area contributed by atoms with Crippen molar-refractivity contribution in [2.24, 2.45) is 18.9 Å². The predicted octanol–water partition coefficient (Wildman–Crippen LogP) is 2.11. The molecule has 32 heavy (non-hydrogen) atoms. The van der Waals surface area contributed by atoms with E-state index in [1.807, 2.05) is 0 Å². The number of amides is 1. The molecule has 2 fully saturated rings. The number of carbonyl (C=O) groups excluding carboxylic acids is 1. The molecule has 1 aliphatic carbocycles. The summed E-state index contributed by atoms with van der Waals surface area (Å²) >= 11 is 0. The average molecular weight is 462 g/mol. The summed E-state index contributed by atoms with van der Waals surface area (Å²) in [5.74, 6) is 0.448. The van der Waals surface area contributed by atoms with Crippen LogP contribution in [0.5, 0.6) is 0 Å². The van der Waals surface area contributed by atoms with Crippen molar-refractivity contribution in [2.75, 3.05) is 26.3 Å². The summed E-state index contributed by atoms with van der Waals surface area (Å²) in [6.07, 6.45) is 4.63. The number of aromatic nitrogens is 1. The van der Waals surface area contributed by atoms with E-state index in [0.717, 1.165) is 19.3 Å². The molecule has 8 nitrogen and oxygen atoms in total. The van der Waals surface area contributed by atoms with Crippen molar-refractivity contribution in [3.05, 3.63) is 40.2 Å². The van der Waals surface area contributed by atoms with E-state index >= 15 is 0 Å². The van der Waals surface area contributed by atoms with Crippen LogP contribution < -0.4 is 10.7 Å². The van der Waals surface area contributed by atoms with Crippen LogP contribution in [-0.2, 0) is 21.8 Å². The minimum absolute atomic E-state index is 0.0275. The standard InChI is InChI=1S/C23H31N3O5S/c1-15-5-4-6-20(16(15)2)24-23(28)19-14-25(3)21-8-7-17(13-18(21)22(19)27)32(29,30)26-9-11-31-12-10-26/h7-8,13-16,20H,4-6,9-12H2,1-3H3,(H,24,28)/t15-,16-,20-/m1/s1. The third kappa shape index (κ3) is 4.21. The maximum Gasteiger partial charge on any atom is 0.256 e. The highest BCUT2D eigenvalue weighted by molar-refractivity contribution is 7.89. The number of morpholine rings is 1. The molecule has 1 aromatic carbocycles. The second-order valence-electron chi connectivity index (χ2n) is 9.03. The number of rotatable bonds is 4. The van der Waals surface area contributed by atoms with Gasteiger partial charge in [0.25, 0.3) is 5.91 Å². The summed E-state index contributed by atoms with van der Waals surface area (Å²) in [6, 6.07) is 4.55. The molecule has 3 atom stereocenters. The largest absolute Gasteiger partial charge is 0.379 e. The number of hydrogen-bond donors (Lipinski definition) is 1. The Hall–Kier alpha value is -2.23. The Kier molecular flexibility index (Phi) is 6.42. The van der Waals surface area contributed by atoms with Crippen molar-refractivity contribution in [2.45, 2.75) is 44.0 Å². The van der Waals surface area contributed by atoms with E-state index in [-0.39, 0.29) is 35.0 Å². The third-order valence-electron chi connectivity index (χ3n) is 7.04. The van der Waals surface area contributed by atoms with E-state index in [2.05, 4.69) is 19.2 Å². The van der Waals surface area contributed by atoms with Gasteiger partial charge in [-0.05, 0) is 36.5 Å². The molecule has 2 aromatic rings. The van der Waals surface area contributed by atoms with Crippen LogP contribution in [0.15, 0.2) is 34.1 Å². The number of nitrogens with zero attached hydrogens (tertiary/aromatic N) is 2. The molecule has 174 valence electrons. The lowest BCUT2D eigenvalue weighted by atomic mass is 9.78. The normalized spacial score (nSPS) is 25.0. The van der Waals surface area contributed by atoms with Crippen molar-refractivity contribution in [1.82, 2.24) is 14.2 Å². The molecular formula is C23H31N3O5S. The fourth-order valence-electron chi connectivity index (χ4n) is 4.76. The Labute approximate surface area is 188 Å². The van der Waals surface area contributed by atoms with Crippen LogP contribution in [0.25, 0.3) is 10.9 Å². The number of hydrogen-bond acceptors (Lipinski definition) is 5. The molecule has 2 heterocycles. The number of sulfonamides is 1. The van der Waals surface area contributed by atoms with E-state index in [9.17, 15) is 18.0 Å². The predicted molar refractivity (Wildman–Crippen MR) is 122 cm³/mol. The van der Waals surface area contributed by atoms with Crippen molar-refractivity contribution in [1.29, 1.82) is 0 Å². The Morgan fingerprint density at radius 1 is 1.16 bits per heavy atom. The summed E-state index contributed by atoms with van der Waals surface area (Å²) in [4.78, 5) is 26.4. The smallest absolute Gasteiger partial charge is 0.256 e. The van der Waals surface area contributed by atoms with E-state index in [0.29, 0.717) is 30.6 Å². The maximum absolute atomic E-state index is 13.3. The first-order valence-corrected chi connectivity index (χ1v) is 12.7. The van der Waals surface area contributed by atoms with Crippen LogP contribution in [0.1, 0.15) is 43.5 Å². The monoisotopic (exact) mass is 461 g/mol. The van der Waals surface area contributed by atoms with Crippen LogP contribution in [0.2, 0.25) is 0 Å². The van der Waals surface area contributed by atoms with E-state index in [1.165, 1.54) is 22.6 Å². The first-order valence-electron chi connectivity index (χ1n) is 11.2. The zero-order valence-electron chi connectivity index (χ0n) is 18.8. The molecule has 9 heteroatoms. The highest BCUT2D eigenvalue weighted by Gasteiger charge is 2.30. The Bertz CT molecular complexity index is 1180. The zero-order chi connectivity index (χ0) is 23.0. The van der Waals surface area contributed by atoms with Crippen LogP contribution in [0.3, 0.4) is 0 Å². The van der Waals surface area contributed by atoms with Gasteiger partial charge in [-0.1, -0.05) is 26.7 Å². The summed E-state index contributed by atoms with van der Waals surface area (Å²) < 4.78 is 34.4. The molecule has 0 radical (unpaired) electrons. The zero-order valence-corrected chi connectivity index (χ0v) is 19.7. The molecule has 1 N–H and O–H groups in total. The highest BCUT2D eigenvalue weighted by atomic mass is 32.2.